The molecule has 6 rings (SSSR count). The molecule has 0 aliphatic carbocycles. The van der Waals surface area contributed by atoms with Crippen LogP contribution in [0.5, 0.6) is 0 Å². The Kier molecular flexibility index (Phi) is 5.91. The van der Waals surface area contributed by atoms with Gasteiger partial charge < -0.3 is 20.9 Å². The van der Waals surface area contributed by atoms with E-state index in [9.17, 15) is 14.4 Å². The lowest BCUT2D eigenvalue weighted by Crippen LogP contribution is -2.24. The van der Waals surface area contributed by atoms with E-state index in [4.69, 9.17) is 5.73 Å². The number of nitrogens with two attached hydrogens (primary N) is 1. The summed E-state index contributed by atoms with van der Waals surface area (Å²) in [6.07, 6.45) is 0.113. The largest absolute Gasteiger partial charge is 0.369 e. The van der Waals surface area contributed by atoms with Crippen LogP contribution < -0.4 is 16.0 Å². The molecule has 1 aliphatic heterocycles. The number of H-pyrrole nitrogens is 1. The number of aromatic nitrogens is 1. The van der Waals surface area contributed by atoms with E-state index in [-0.39, 0.29) is 18.2 Å². The van der Waals surface area contributed by atoms with E-state index in [1.54, 1.807) is 0 Å². The van der Waals surface area contributed by atoms with Crippen LogP contribution in [-0.2, 0) is 29.1 Å². The third kappa shape index (κ3) is 4.22. The van der Waals surface area contributed by atoms with Crippen LogP contribution in [0.1, 0.15) is 39.5 Å². The number of amides is 3. The molecule has 7 heteroatoms. The van der Waals surface area contributed by atoms with Gasteiger partial charge in [-0.15, -0.1) is 0 Å². The second-order valence-electron chi connectivity index (χ2n) is 10.1. The summed E-state index contributed by atoms with van der Waals surface area (Å²) >= 11 is 0. The van der Waals surface area contributed by atoms with Crippen LogP contribution in [0.3, 0.4) is 0 Å². The maximum atomic E-state index is 13.3. The predicted octanol–water partition coefficient (Wildman–Crippen LogP) is 5.12. The van der Waals surface area contributed by atoms with Crippen molar-refractivity contribution in [3.63, 3.8) is 0 Å². The van der Waals surface area contributed by atoms with Crippen molar-refractivity contribution in [1.29, 1.82) is 0 Å². The molecule has 1 aliphatic rings. The molecule has 0 atom stereocenters. The number of carbonyl (C=O) groups excluding carboxylic acids is 3. The fourth-order valence-electron chi connectivity index (χ4n) is 5.67. The van der Waals surface area contributed by atoms with E-state index in [2.05, 4.69) is 16.4 Å². The number of hydrogen-bond acceptors (Lipinski definition) is 3. The summed E-state index contributed by atoms with van der Waals surface area (Å²) in [5.41, 5.74) is 14.8. The summed E-state index contributed by atoms with van der Waals surface area (Å²) in [6, 6.07) is 23.8. The standard InChI is InChI=1S/C32H28N4O3/c1-18-23(8-5-9-28(18)36-17-22-6-3-4-7-24(22)32(36)39)25-13-11-21(15-29(33)38)31-30(25)26-12-10-20(14-27(26)35-31)16-34-19(2)37/h3-14,35H,15-17H2,1-2H3,(H2,33,38)(H,34,37). The number of primary amides is 1. The summed E-state index contributed by atoms with van der Waals surface area (Å²) < 4.78 is 0. The molecule has 4 N–H and O–H groups in total. The van der Waals surface area contributed by atoms with Crippen LogP contribution in [0.15, 0.2) is 72.8 Å². The molecule has 4 aromatic carbocycles. The van der Waals surface area contributed by atoms with Crippen LogP contribution in [-0.4, -0.2) is 22.7 Å². The lowest BCUT2D eigenvalue weighted by molar-refractivity contribution is -0.119. The fourth-order valence-corrected chi connectivity index (χ4v) is 5.67. The second-order valence-corrected chi connectivity index (χ2v) is 10.1. The van der Waals surface area contributed by atoms with Gasteiger partial charge in [0.25, 0.3) is 5.91 Å². The van der Waals surface area contributed by atoms with E-state index >= 15 is 0 Å². The first-order valence-electron chi connectivity index (χ1n) is 12.9. The molecule has 1 aromatic heterocycles. The molecule has 0 fully saturated rings. The number of rotatable bonds is 6. The number of nitrogens with one attached hydrogen (secondary N) is 2. The Morgan fingerprint density at radius 1 is 0.974 bits per heavy atom. The maximum Gasteiger partial charge on any atom is 0.258 e. The van der Waals surface area contributed by atoms with Crippen LogP contribution in [0, 0.1) is 6.92 Å². The molecule has 194 valence electrons. The van der Waals surface area contributed by atoms with Crippen molar-refractivity contribution in [3.8, 4) is 11.1 Å². The molecule has 0 unspecified atom stereocenters. The predicted molar refractivity (Wildman–Crippen MR) is 153 cm³/mol. The molecule has 7 nitrogen and oxygen atoms in total. The van der Waals surface area contributed by atoms with E-state index in [1.165, 1.54) is 6.92 Å². The van der Waals surface area contributed by atoms with E-state index in [0.717, 1.165) is 66.4 Å². The Labute approximate surface area is 225 Å². The summed E-state index contributed by atoms with van der Waals surface area (Å²) in [7, 11) is 0. The zero-order chi connectivity index (χ0) is 27.3. The van der Waals surface area contributed by atoms with Crippen molar-refractivity contribution in [2.24, 2.45) is 5.73 Å². The molecular formula is C32H28N4O3. The van der Waals surface area contributed by atoms with E-state index in [0.29, 0.717) is 13.1 Å². The van der Waals surface area contributed by atoms with Gasteiger partial charge in [0, 0.05) is 41.0 Å². The summed E-state index contributed by atoms with van der Waals surface area (Å²) in [5, 5.41) is 4.84. The van der Waals surface area contributed by atoms with Crippen LogP contribution >= 0.6 is 0 Å². The van der Waals surface area contributed by atoms with Gasteiger partial charge in [-0.1, -0.05) is 54.6 Å². The minimum atomic E-state index is -0.403. The number of aromatic amines is 1. The van der Waals surface area contributed by atoms with Gasteiger partial charge in [-0.05, 0) is 58.5 Å². The SMILES string of the molecule is CC(=O)NCc1ccc2c(c1)[nH]c1c(CC(N)=O)ccc(-c3cccc(N4Cc5ccccc5C4=O)c3C)c12. The van der Waals surface area contributed by atoms with Crippen molar-refractivity contribution in [2.45, 2.75) is 33.4 Å². The Morgan fingerprint density at radius 3 is 2.54 bits per heavy atom. The molecular weight excluding hydrogens is 488 g/mol. The summed E-state index contributed by atoms with van der Waals surface area (Å²) in [4.78, 5) is 41.9. The van der Waals surface area contributed by atoms with Crippen molar-refractivity contribution in [2.75, 3.05) is 4.90 Å². The molecule has 5 aromatic rings. The van der Waals surface area contributed by atoms with Crippen LogP contribution in [0.25, 0.3) is 32.9 Å². The Balaban J connectivity index is 1.51. The average Bonchev–Trinajstić information content (AvgIpc) is 3.46. The molecule has 3 amide bonds. The van der Waals surface area contributed by atoms with Gasteiger partial charge in [0.15, 0.2) is 0 Å². The minimum Gasteiger partial charge on any atom is -0.369 e. The van der Waals surface area contributed by atoms with Crippen LogP contribution in [0.4, 0.5) is 5.69 Å². The van der Waals surface area contributed by atoms with Gasteiger partial charge in [0.2, 0.25) is 11.8 Å². The maximum absolute atomic E-state index is 13.3. The van der Waals surface area contributed by atoms with E-state index in [1.807, 2.05) is 78.6 Å². The molecule has 0 radical (unpaired) electrons. The van der Waals surface area contributed by atoms with Crippen molar-refractivity contribution in [1.82, 2.24) is 10.3 Å². The van der Waals surface area contributed by atoms with Gasteiger partial charge in [0.1, 0.15) is 0 Å². The topological polar surface area (TPSA) is 108 Å². The first-order valence-corrected chi connectivity index (χ1v) is 12.9. The van der Waals surface area contributed by atoms with Gasteiger partial charge in [0.05, 0.1) is 18.5 Å². The molecule has 2 heterocycles. The Bertz CT molecular complexity index is 1820. The number of anilines is 1. The first kappa shape index (κ1) is 24.4. The zero-order valence-corrected chi connectivity index (χ0v) is 21.8. The van der Waals surface area contributed by atoms with Crippen molar-refractivity contribution >= 4 is 45.2 Å². The van der Waals surface area contributed by atoms with Gasteiger partial charge in [-0.3, -0.25) is 14.4 Å². The zero-order valence-electron chi connectivity index (χ0n) is 21.8. The number of fused-ring (bicyclic) bond motifs is 4. The quantitative estimate of drug-likeness (QED) is 0.291. The Morgan fingerprint density at radius 2 is 1.77 bits per heavy atom. The number of nitrogens with zero attached hydrogens (tertiary/aromatic N) is 1. The van der Waals surface area contributed by atoms with Gasteiger partial charge in [-0.2, -0.15) is 0 Å². The molecule has 0 saturated carbocycles. The molecule has 0 spiro atoms. The molecule has 39 heavy (non-hydrogen) atoms. The third-order valence-electron chi connectivity index (χ3n) is 7.52. The molecule has 0 saturated heterocycles. The molecule has 0 bridgehead atoms. The van der Waals surface area contributed by atoms with Gasteiger partial charge in [-0.25, -0.2) is 0 Å². The van der Waals surface area contributed by atoms with Crippen molar-refractivity contribution < 1.29 is 14.4 Å². The highest BCUT2D eigenvalue weighted by atomic mass is 16.2. The summed E-state index contributed by atoms with van der Waals surface area (Å²) in [5.74, 6) is -0.487. The normalized spacial score (nSPS) is 12.8. The second kappa shape index (κ2) is 9.44. The Hall–Kier alpha value is -4.91. The lowest BCUT2D eigenvalue weighted by atomic mass is 9.92. The third-order valence-corrected chi connectivity index (χ3v) is 7.52. The number of carbonyl (C=O) groups is 3. The fraction of sp³-hybridized carbons (Fsp3) is 0.156. The highest BCUT2D eigenvalue weighted by molar-refractivity contribution is 6.16. The summed E-state index contributed by atoms with van der Waals surface area (Å²) in [6.45, 7) is 4.50. The highest BCUT2D eigenvalue weighted by Gasteiger charge is 2.29. The highest BCUT2D eigenvalue weighted by Crippen LogP contribution is 2.41. The van der Waals surface area contributed by atoms with Crippen LogP contribution in [0.2, 0.25) is 0 Å². The average molecular weight is 517 g/mol. The van der Waals surface area contributed by atoms with E-state index < -0.39 is 5.91 Å². The van der Waals surface area contributed by atoms with Gasteiger partial charge >= 0.3 is 0 Å². The van der Waals surface area contributed by atoms with Crippen molar-refractivity contribution in [3.05, 3.63) is 101 Å². The smallest absolute Gasteiger partial charge is 0.258 e. The number of benzene rings is 4. The number of hydrogen-bond donors (Lipinski definition) is 3. The minimum absolute atomic E-state index is 0.00611. The lowest BCUT2D eigenvalue weighted by Gasteiger charge is -2.21. The monoisotopic (exact) mass is 516 g/mol. The first-order chi connectivity index (χ1) is 18.8.